The van der Waals surface area contributed by atoms with Gasteiger partial charge in [-0.05, 0) is 26.0 Å². The van der Waals surface area contributed by atoms with Crippen molar-refractivity contribution in [2.75, 3.05) is 38.8 Å². The molecule has 0 aliphatic carbocycles. The van der Waals surface area contributed by atoms with Crippen LogP contribution in [0.25, 0.3) is 0 Å². The van der Waals surface area contributed by atoms with E-state index in [4.69, 9.17) is 4.74 Å². The SMILES string of the molecule is CC(C)NC(=O)Nc1cccc2c1O[C@@H](CN(C)S(C)(=O)=O)[C@@H](C)CN(C)C2=O. The Labute approximate surface area is 172 Å². The number of fused-ring (bicyclic) bond motifs is 1. The molecule has 2 atom stereocenters. The van der Waals surface area contributed by atoms with Gasteiger partial charge in [0.05, 0.1) is 24.1 Å². The van der Waals surface area contributed by atoms with Crippen LogP contribution in [-0.4, -0.2) is 75.1 Å². The van der Waals surface area contributed by atoms with E-state index in [1.165, 1.54) is 11.4 Å². The molecule has 2 N–H and O–H groups in total. The van der Waals surface area contributed by atoms with Gasteiger partial charge in [0.25, 0.3) is 5.91 Å². The molecule has 10 heteroatoms. The zero-order valence-electron chi connectivity index (χ0n) is 17.7. The number of nitrogens with zero attached hydrogens (tertiary/aromatic N) is 2. The van der Waals surface area contributed by atoms with Crippen molar-refractivity contribution < 1.29 is 22.7 Å². The molecular formula is C19H30N4O5S. The fraction of sp³-hybridized carbons (Fsp3) is 0.579. The van der Waals surface area contributed by atoms with E-state index < -0.39 is 22.2 Å². The van der Waals surface area contributed by atoms with E-state index in [9.17, 15) is 18.0 Å². The number of ether oxygens (including phenoxy) is 1. The zero-order valence-corrected chi connectivity index (χ0v) is 18.5. The van der Waals surface area contributed by atoms with Crippen LogP contribution in [-0.2, 0) is 10.0 Å². The average Bonchev–Trinajstić information content (AvgIpc) is 2.59. The lowest BCUT2D eigenvalue weighted by Crippen LogP contribution is -2.46. The Morgan fingerprint density at radius 1 is 1.38 bits per heavy atom. The number of urea groups is 1. The third-order valence-electron chi connectivity index (χ3n) is 4.73. The molecule has 3 amide bonds. The monoisotopic (exact) mass is 426 g/mol. The van der Waals surface area contributed by atoms with Crippen LogP contribution in [0.2, 0.25) is 0 Å². The van der Waals surface area contributed by atoms with Crippen molar-refractivity contribution in [1.82, 2.24) is 14.5 Å². The summed E-state index contributed by atoms with van der Waals surface area (Å²) >= 11 is 0. The zero-order chi connectivity index (χ0) is 21.9. The van der Waals surface area contributed by atoms with Crippen molar-refractivity contribution in [3.63, 3.8) is 0 Å². The molecule has 2 rings (SSSR count). The first kappa shape index (κ1) is 23.0. The predicted octanol–water partition coefficient (Wildman–Crippen LogP) is 1.58. The molecule has 162 valence electrons. The summed E-state index contributed by atoms with van der Waals surface area (Å²) in [7, 11) is -0.220. The van der Waals surface area contributed by atoms with Crippen LogP contribution in [0.3, 0.4) is 0 Å². The van der Waals surface area contributed by atoms with Gasteiger partial charge in [-0.3, -0.25) is 4.79 Å². The molecule has 1 aliphatic heterocycles. The normalized spacial score (nSPS) is 20.0. The molecule has 9 nitrogen and oxygen atoms in total. The lowest BCUT2D eigenvalue weighted by molar-refractivity contribution is 0.0607. The molecule has 1 heterocycles. The van der Waals surface area contributed by atoms with E-state index in [1.807, 2.05) is 20.8 Å². The molecule has 0 fully saturated rings. The summed E-state index contributed by atoms with van der Waals surface area (Å²) in [5.74, 6) is -0.129. The second-order valence-electron chi connectivity index (χ2n) is 7.80. The minimum Gasteiger partial charge on any atom is -0.486 e. The van der Waals surface area contributed by atoms with Crippen molar-refractivity contribution in [1.29, 1.82) is 0 Å². The fourth-order valence-electron chi connectivity index (χ4n) is 3.06. The second-order valence-corrected chi connectivity index (χ2v) is 9.89. The second kappa shape index (κ2) is 9.00. The molecule has 0 bridgehead atoms. The number of sulfonamides is 1. The molecule has 1 aliphatic rings. The molecule has 0 saturated carbocycles. The lowest BCUT2D eigenvalue weighted by atomic mass is 10.0. The molecule has 1 aromatic carbocycles. The number of rotatable bonds is 5. The molecule has 0 radical (unpaired) electrons. The first-order valence-corrected chi connectivity index (χ1v) is 11.3. The highest BCUT2D eigenvalue weighted by molar-refractivity contribution is 7.88. The Morgan fingerprint density at radius 2 is 2.03 bits per heavy atom. The van der Waals surface area contributed by atoms with E-state index >= 15 is 0 Å². The fourth-order valence-corrected chi connectivity index (χ4v) is 3.48. The standard InChI is InChI=1S/C19H30N4O5S/c1-12(2)20-19(25)21-15-9-7-8-14-17(15)28-16(11-23(5)29(6,26)27)13(3)10-22(4)18(14)24/h7-9,12-13,16H,10-11H2,1-6H3,(H2,20,21,25)/t13-,16-/m0/s1. The molecule has 1 aromatic rings. The Balaban J connectivity index is 2.44. The van der Waals surface area contributed by atoms with Gasteiger partial charge in [-0.1, -0.05) is 13.0 Å². The summed E-state index contributed by atoms with van der Waals surface area (Å²) in [6, 6.07) is 4.47. The number of para-hydroxylation sites is 1. The predicted molar refractivity (Wildman–Crippen MR) is 112 cm³/mol. The maximum atomic E-state index is 12.9. The van der Waals surface area contributed by atoms with Gasteiger partial charge in [0.2, 0.25) is 10.0 Å². The van der Waals surface area contributed by atoms with Crippen molar-refractivity contribution in [3.8, 4) is 5.75 Å². The van der Waals surface area contributed by atoms with Crippen molar-refractivity contribution >= 4 is 27.6 Å². The Hall–Kier alpha value is -2.33. The topological polar surface area (TPSA) is 108 Å². The van der Waals surface area contributed by atoms with Crippen LogP contribution in [0.5, 0.6) is 5.75 Å². The highest BCUT2D eigenvalue weighted by atomic mass is 32.2. The molecular weight excluding hydrogens is 396 g/mol. The molecule has 29 heavy (non-hydrogen) atoms. The number of likely N-dealkylation sites (N-methyl/N-ethyl adjacent to an activating group) is 1. The van der Waals surface area contributed by atoms with Gasteiger partial charge in [0.15, 0.2) is 5.75 Å². The summed E-state index contributed by atoms with van der Waals surface area (Å²) in [5, 5.41) is 5.46. The van der Waals surface area contributed by atoms with Crippen LogP contribution < -0.4 is 15.4 Å². The molecule has 0 unspecified atom stereocenters. The quantitative estimate of drug-likeness (QED) is 0.743. The largest absolute Gasteiger partial charge is 0.486 e. The van der Waals surface area contributed by atoms with E-state index in [1.54, 1.807) is 30.1 Å². The van der Waals surface area contributed by atoms with Gasteiger partial charge >= 0.3 is 6.03 Å². The number of amides is 3. The van der Waals surface area contributed by atoms with Gasteiger partial charge in [-0.25, -0.2) is 17.5 Å². The Bertz CT molecular complexity index is 871. The highest BCUT2D eigenvalue weighted by Crippen LogP contribution is 2.34. The third kappa shape index (κ3) is 5.83. The van der Waals surface area contributed by atoms with Gasteiger partial charge in [-0.15, -0.1) is 0 Å². The van der Waals surface area contributed by atoms with E-state index in [-0.39, 0.29) is 30.2 Å². The summed E-state index contributed by atoms with van der Waals surface area (Å²) < 4.78 is 31.2. The first-order chi connectivity index (χ1) is 13.4. The first-order valence-electron chi connectivity index (χ1n) is 9.44. The van der Waals surface area contributed by atoms with Crippen LogP contribution in [0.15, 0.2) is 18.2 Å². The minimum absolute atomic E-state index is 0.0645. The van der Waals surface area contributed by atoms with Gasteiger partial charge in [-0.2, -0.15) is 0 Å². The number of anilines is 1. The highest BCUT2D eigenvalue weighted by Gasteiger charge is 2.32. The number of carbonyl (C=O) groups excluding carboxylic acids is 2. The molecule has 0 aromatic heterocycles. The summed E-state index contributed by atoms with van der Waals surface area (Å²) in [5.41, 5.74) is 0.664. The molecule has 0 spiro atoms. The Morgan fingerprint density at radius 3 is 2.62 bits per heavy atom. The van der Waals surface area contributed by atoms with Gasteiger partial charge in [0, 0.05) is 32.6 Å². The van der Waals surface area contributed by atoms with Gasteiger partial charge in [0.1, 0.15) is 6.10 Å². The maximum Gasteiger partial charge on any atom is 0.319 e. The van der Waals surface area contributed by atoms with E-state index in [0.29, 0.717) is 17.8 Å². The minimum atomic E-state index is -3.40. The molecule has 0 saturated heterocycles. The van der Waals surface area contributed by atoms with Crippen molar-refractivity contribution in [2.24, 2.45) is 5.92 Å². The number of hydrogen-bond acceptors (Lipinski definition) is 5. The number of nitrogens with one attached hydrogen (secondary N) is 2. The number of hydrogen-bond donors (Lipinski definition) is 2. The smallest absolute Gasteiger partial charge is 0.319 e. The van der Waals surface area contributed by atoms with Crippen molar-refractivity contribution in [2.45, 2.75) is 32.9 Å². The Kier molecular flexibility index (Phi) is 7.12. The van der Waals surface area contributed by atoms with E-state index in [0.717, 1.165) is 6.26 Å². The van der Waals surface area contributed by atoms with Crippen LogP contribution in [0, 0.1) is 5.92 Å². The van der Waals surface area contributed by atoms with Crippen LogP contribution in [0.1, 0.15) is 31.1 Å². The summed E-state index contributed by atoms with van der Waals surface area (Å²) in [4.78, 5) is 26.6. The number of benzene rings is 1. The lowest BCUT2D eigenvalue weighted by Gasteiger charge is -2.35. The maximum absolute atomic E-state index is 12.9. The van der Waals surface area contributed by atoms with Crippen molar-refractivity contribution in [3.05, 3.63) is 23.8 Å². The average molecular weight is 427 g/mol. The van der Waals surface area contributed by atoms with Gasteiger partial charge < -0.3 is 20.3 Å². The van der Waals surface area contributed by atoms with Crippen LogP contribution >= 0.6 is 0 Å². The van der Waals surface area contributed by atoms with E-state index in [2.05, 4.69) is 10.6 Å². The summed E-state index contributed by atoms with van der Waals surface area (Å²) in [6.45, 7) is 6.10. The number of carbonyl (C=O) groups is 2. The third-order valence-corrected chi connectivity index (χ3v) is 6.01. The summed E-state index contributed by atoms with van der Waals surface area (Å²) in [6.07, 6.45) is 0.619. The van der Waals surface area contributed by atoms with Crippen LogP contribution in [0.4, 0.5) is 10.5 Å².